The van der Waals surface area contributed by atoms with Crippen molar-refractivity contribution < 1.29 is 4.12 Å². The third-order valence-corrected chi connectivity index (χ3v) is 6.85. The lowest BCUT2D eigenvalue weighted by atomic mass is 10.8. The molecule has 10 heavy (non-hydrogen) atoms. The molecule has 1 nitrogen and oxygen atoms in total. The Bertz CT molecular complexity index is 134. The lowest BCUT2D eigenvalue weighted by Crippen LogP contribution is -2.23. The summed E-state index contributed by atoms with van der Waals surface area (Å²) in [6.07, 6.45) is 0. The minimum absolute atomic E-state index is 1.03. The van der Waals surface area contributed by atoms with Crippen molar-refractivity contribution in [3.8, 4) is 0 Å². The van der Waals surface area contributed by atoms with E-state index in [-0.39, 0.29) is 0 Å². The highest BCUT2D eigenvalue weighted by atomic mass is 28.4. The molecule has 0 N–H and O–H groups in total. The maximum Gasteiger partial charge on any atom is 0.187 e. The van der Waals surface area contributed by atoms with E-state index in [1.54, 1.807) is 0 Å². The van der Waals surface area contributed by atoms with Gasteiger partial charge >= 0.3 is 0 Å². The maximum absolute atomic E-state index is 5.72. The van der Waals surface area contributed by atoms with Gasteiger partial charge in [0.2, 0.25) is 0 Å². The minimum Gasteiger partial charge on any atom is -0.454 e. The standard InChI is InChI=1S/C7H16OSi2/c1-6-9(4)8-10(5)7(2)3/h6,9-10H,1-2H2,3-5H3. The van der Waals surface area contributed by atoms with Crippen molar-refractivity contribution in [2.24, 2.45) is 0 Å². The number of hydrogen-bond donors (Lipinski definition) is 0. The van der Waals surface area contributed by atoms with Crippen molar-refractivity contribution in [1.82, 2.24) is 0 Å². The van der Waals surface area contributed by atoms with Crippen LogP contribution in [0.1, 0.15) is 6.92 Å². The van der Waals surface area contributed by atoms with Crippen molar-refractivity contribution in [1.29, 1.82) is 0 Å². The van der Waals surface area contributed by atoms with Gasteiger partial charge < -0.3 is 4.12 Å². The van der Waals surface area contributed by atoms with Crippen LogP contribution in [0.4, 0.5) is 0 Å². The van der Waals surface area contributed by atoms with E-state index in [0.29, 0.717) is 0 Å². The van der Waals surface area contributed by atoms with Gasteiger partial charge in [-0.2, -0.15) is 0 Å². The second kappa shape index (κ2) is 4.65. The third-order valence-electron chi connectivity index (χ3n) is 1.44. The van der Waals surface area contributed by atoms with Gasteiger partial charge in [-0.25, -0.2) is 0 Å². The average Bonchev–Trinajstić information content (AvgIpc) is 1.87. The van der Waals surface area contributed by atoms with Crippen LogP contribution in [0.15, 0.2) is 24.1 Å². The van der Waals surface area contributed by atoms with E-state index in [1.807, 2.05) is 12.6 Å². The molecule has 0 amide bonds. The molecule has 2 atom stereocenters. The summed E-state index contributed by atoms with van der Waals surface area (Å²) in [4.78, 5) is 0. The summed E-state index contributed by atoms with van der Waals surface area (Å²) in [6, 6.07) is 0. The summed E-state index contributed by atoms with van der Waals surface area (Å²) in [5.41, 5.74) is 1.95. The monoisotopic (exact) mass is 172 g/mol. The molecule has 0 radical (unpaired) electrons. The van der Waals surface area contributed by atoms with Crippen LogP contribution in [-0.4, -0.2) is 18.1 Å². The second-order valence-electron chi connectivity index (χ2n) is 2.57. The molecule has 0 aromatic carbocycles. The predicted molar refractivity (Wildman–Crippen MR) is 52.1 cm³/mol. The number of hydrogen-bond acceptors (Lipinski definition) is 1. The summed E-state index contributed by atoms with van der Waals surface area (Å²) in [5, 5.41) is 1.22. The number of rotatable bonds is 4. The Kier molecular flexibility index (Phi) is 4.59. The maximum atomic E-state index is 5.72. The van der Waals surface area contributed by atoms with Gasteiger partial charge in [0.1, 0.15) is 0 Å². The molecule has 2 unspecified atom stereocenters. The molecule has 0 rings (SSSR count). The first-order valence-electron chi connectivity index (χ1n) is 3.51. The Labute approximate surface area is 66.9 Å². The molecule has 3 heteroatoms. The van der Waals surface area contributed by atoms with E-state index >= 15 is 0 Å². The molecule has 0 aliphatic carbocycles. The van der Waals surface area contributed by atoms with Crippen LogP contribution in [0, 0.1) is 0 Å². The van der Waals surface area contributed by atoms with Gasteiger partial charge in [0, 0.05) is 0 Å². The van der Waals surface area contributed by atoms with E-state index in [1.165, 1.54) is 5.20 Å². The first-order chi connectivity index (χ1) is 4.57. The second-order valence-corrected chi connectivity index (χ2v) is 7.81. The molecular weight excluding hydrogens is 156 g/mol. The molecule has 0 saturated heterocycles. The smallest absolute Gasteiger partial charge is 0.187 e. The van der Waals surface area contributed by atoms with Crippen molar-refractivity contribution in [2.45, 2.75) is 20.0 Å². The van der Waals surface area contributed by atoms with E-state index in [0.717, 1.165) is 0 Å². The van der Waals surface area contributed by atoms with Gasteiger partial charge in [-0.1, -0.05) is 10.9 Å². The van der Waals surface area contributed by atoms with E-state index in [9.17, 15) is 0 Å². The largest absolute Gasteiger partial charge is 0.454 e. The molecule has 0 spiro atoms. The van der Waals surface area contributed by atoms with E-state index in [4.69, 9.17) is 4.12 Å². The summed E-state index contributed by atoms with van der Waals surface area (Å²) in [7, 11) is -2.09. The molecule has 0 aliphatic heterocycles. The lowest BCUT2D eigenvalue weighted by molar-refractivity contribution is 0.615. The molecular formula is C7H16OSi2. The molecule has 0 aromatic rings. The Hall–Kier alpha value is -0.126. The lowest BCUT2D eigenvalue weighted by Gasteiger charge is -2.14. The van der Waals surface area contributed by atoms with Crippen LogP contribution in [-0.2, 0) is 4.12 Å². The fraction of sp³-hybridized carbons (Fsp3) is 0.429. The van der Waals surface area contributed by atoms with E-state index < -0.39 is 18.1 Å². The zero-order valence-corrected chi connectivity index (χ0v) is 9.36. The fourth-order valence-electron chi connectivity index (χ4n) is 0.494. The van der Waals surface area contributed by atoms with Crippen molar-refractivity contribution in [3.05, 3.63) is 24.1 Å². The molecule has 0 aromatic heterocycles. The SMILES string of the molecule is C=C[SiH](C)O[SiH](C)C(=C)C. The zero-order chi connectivity index (χ0) is 8.15. The Morgan fingerprint density at radius 1 is 1.50 bits per heavy atom. The van der Waals surface area contributed by atoms with Crippen molar-refractivity contribution in [3.63, 3.8) is 0 Å². The molecule has 0 saturated carbocycles. The topological polar surface area (TPSA) is 9.23 Å². The summed E-state index contributed by atoms with van der Waals surface area (Å²) in [5.74, 6) is 0. The first-order valence-corrected chi connectivity index (χ1v) is 8.01. The van der Waals surface area contributed by atoms with Gasteiger partial charge in [-0.05, 0) is 20.0 Å². The zero-order valence-electron chi connectivity index (χ0n) is 7.05. The van der Waals surface area contributed by atoms with Gasteiger partial charge in [-0.15, -0.1) is 13.2 Å². The van der Waals surface area contributed by atoms with Crippen molar-refractivity contribution in [2.75, 3.05) is 0 Å². The summed E-state index contributed by atoms with van der Waals surface area (Å²) >= 11 is 0. The normalized spacial score (nSPS) is 15.9. The molecule has 0 aliphatic rings. The average molecular weight is 172 g/mol. The third kappa shape index (κ3) is 3.82. The Balaban J connectivity index is 3.67. The van der Waals surface area contributed by atoms with Crippen LogP contribution in [0.2, 0.25) is 13.1 Å². The predicted octanol–water partition coefficient (Wildman–Crippen LogP) is 1.55. The highest BCUT2D eigenvalue weighted by Crippen LogP contribution is 2.00. The Morgan fingerprint density at radius 3 is 2.30 bits per heavy atom. The van der Waals surface area contributed by atoms with Gasteiger partial charge in [0.15, 0.2) is 18.1 Å². The molecule has 0 bridgehead atoms. The van der Waals surface area contributed by atoms with Crippen LogP contribution >= 0.6 is 0 Å². The van der Waals surface area contributed by atoms with Crippen LogP contribution in [0.5, 0.6) is 0 Å². The quantitative estimate of drug-likeness (QED) is 0.585. The highest BCUT2D eigenvalue weighted by molar-refractivity contribution is 6.71. The van der Waals surface area contributed by atoms with Crippen LogP contribution < -0.4 is 0 Å². The Morgan fingerprint density at radius 2 is 2.00 bits per heavy atom. The molecule has 0 heterocycles. The van der Waals surface area contributed by atoms with Crippen LogP contribution in [0.3, 0.4) is 0 Å². The summed E-state index contributed by atoms with van der Waals surface area (Å²) < 4.78 is 5.72. The molecule has 0 fully saturated rings. The first kappa shape index (κ1) is 9.87. The van der Waals surface area contributed by atoms with Gasteiger partial charge in [0.05, 0.1) is 0 Å². The fourth-order valence-corrected chi connectivity index (χ4v) is 4.44. The van der Waals surface area contributed by atoms with Gasteiger partial charge in [-0.3, -0.25) is 0 Å². The highest BCUT2D eigenvalue weighted by Gasteiger charge is 2.07. The van der Waals surface area contributed by atoms with Crippen molar-refractivity contribution >= 4 is 18.1 Å². The van der Waals surface area contributed by atoms with Gasteiger partial charge in [0.25, 0.3) is 0 Å². The van der Waals surface area contributed by atoms with Crippen LogP contribution in [0.25, 0.3) is 0 Å². The van der Waals surface area contributed by atoms with E-state index in [2.05, 4.69) is 26.3 Å². The molecule has 58 valence electrons. The summed E-state index contributed by atoms with van der Waals surface area (Å²) in [6.45, 7) is 13.9. The minimum atomic E-state index is -1.05. The number of allylic oxidation sites excluding steroid dienone is 1.